The van der Waals surface area contributed by atoms with Crippen LogP contribution < -0.4 is 0 Å². The number of benzene rings is 1. The van der Waals surface area contributed by atoms with Gasteiger partial charge in [-0.25, -0.2) is 4.39 Å². The summed E-state index contributed by atoms with van der Waals surface area (Å²) in [6.45, 7) is 2.62. The summed E-state index contributed by atoms with van der Waals surface area (Å²) in [4.78, 5) is 22.8. The third kappa shape index (κ3) is 3.87. The largest absolute Gasteiger partial charge is 0.417 e. The maximum Gasteiger partial charge on any atom is 0.417 e. The Labute approximate surface area is 107 Å². The second-order valence-corrected chi connectivity index (χ2v) is 4.36. The molecule has 1 atom stereocenters. The number of carbonyl (C=O) groups excluding carboxylic acids is 2. The molecule has 0 heterocycles. The quantitative estimate of drug-likeness (QED) is 0.621. The van der Waals surface area contributed by atoms with Gasteiger partial charge in [0.2, 0.25) is 0 Å². The van der Waals surface area contributed by atoms with E-state index in [-0.39, 0.29) is 18.3 Å². The number of alkyl halides is 3. The van der Waals surface area contributed by atoms with Crippen LogP contribution >= 0.6 is 0 Å². The van der Waals surface area contributed by atoms with Crippen LogP contribution in [-0.4, -0.2) is 11.6 Å². The number of hydrogen-bond donors (Lipinski definition) is 0. The minimum Gasteiger partial charge on any atom is -0.300 e. The van der Waals surface area contributed by atoms with Crippen molar-refractivity contribution in [1.29, 1.82) is 0 Å². The zero-order chi connectivity index (χ0) is 14.8. The van der Waals surface area contributed by atoms with Crippen LogP contribution in [0.2, 0.25) is 0 Å². The van der Waals surface area contributed by atoms with Gasteiger partial charge in [0, 0.05) is 17.9 Å². The molecule has 0 fully saturated rings. The molecule has 0 amide bonds. The number of halogens is 4. The van der Waals surface area contributed by atoms with E-state index in [4.69, 9.17) is 0 Å². The monoisotopic (exact) mass is 276 g/mol. The molecule has 2 nitrogen and oxygen atoms in total. The second kappa shape index (κ2) is 5.50. The van der Waals surface area contributed by atoms with Crippen molar-refractivity contribution < 1.29 is 27.2 Å². The lowest BCUT2D eigenvalue weighted by Gasteiger charge is -2.15. The van der Waals surface area contributed by atoms with Crippen LogP contribution in [0, 0.1) is 11.7 Å². The summed E-state index contributed by atoms with van der Waals surface area (Å²) in [5.74, 6) is -3.05. The zero-order valence-electron chi connectivity index (χ0n) is 10.3. The van der Waals surface area contributed by atoms with Crippen molar-refractivity contribution in [3.05, 3.63) is 35.1 Å². The lowest BCUT2D eigenvalue weighted by atomic mass is 9.92. The predicted octanol–water partition coefficient (Wildman–Crippen LogP) is 3.64. The maximum absolute atomic E-state index is 12.9. The minimum absolute atomic E-state index is 0.145. The topological polar surface area (TPSA) is 34.1 Å². The van der Waals surface area contributed by atoms with E-state index < -0.39 is 34.8 Å². The fourth-order valence-corrected chi connectivity index (χ4v) is 1.76. The number of hydrogen-bond acceptors (Lipinski definition) is 2. The van der Waals surface area contributed by atoms with Crippen LogP contribution in [0.25, 0.3) is 0 Å². The molecule has 1 aromatic rings. The molecule has 0 aliphatic heterocycles. The van der Waals surface area contributed by atoms with Gasteiger partial charge in [-0.3, -0.25) is 4.79 Å². The van der Waals surface area contributed by atoms with Crippen LogP contribution in [0.1, 0.15) is 36.2 Å². The van der Waals surface area contributed by atoms with Crippen LogP contribution in [0.15, 0.2) is 18.2 Å². The number of ketones is 2. The summed E-state index contributed by atoms with van der Waals surface area (Å²) >= 11 is 0. The van der Waals surface area contributed by atoms with E-state index >= 15 is 0 Å². The molecule has 0 aromatic heterocycles. The Bertz CT molecular complexity index is 506. The van der Waals surface area contributed by atoms with E-state index in [0.29, 0.717) is 0 Å². The van der Waals surface area contributed by atoms with Crippen LogP contribution in [0.3, 0.4) is 0 Å². The molecule has 0 aliphatic carbocycles. The Balaban J connectivity index is 3.20. The molecule has 0 spiro atoms. The van der Waals surface area contributed by atoms with Gasteiger partial charge in [0.1, 0.15) is 11.6 Å². The van der Waals surface area contributed by atoms with Crippen molar-refractivity contribution in [1.82, 2.24) is 0 Å². The van der Waals surface area contributed by atoms with Gasteiger partial charge in [0.25, 0.3) is 0 Å². The first-order valence-corrected chi connectivity index (χ1v) is 5.53. The van der Waals surface area contributed by atoms with E-state index in [1.807, 2.05) is 0 Å². The highest BCUT2D eigenvalue weighted by Gasteiger charge is 2.36. The van der Waals surface area contributed by atoms with Gasteiger partial charge in [-0.15, -0.1) is 0 Å². The molecule has 0 radical (unpaired) electrons. The second-order valence-electron chi connectivity index (χ2n) is 4.36. The molecular formula is C13H12F4O2. The highest BCUT2D eigenvalue weighted by Crippen LogP contribution is 2.33. The summed E-state index contributed by atoms with van der Waals surface area (Å²) in [6, 6.07) is 1.88. The van der Waals surface area contributed by atoms with Crippen molar-refractivity contribution >= 4 is 11.6 Å². The predicted molar refractivity (Wildman–Crippen MR) is 60.2 cm³/mol. The zero-order valence-corrected chi connectivity index (χ0v) is 10.3. The Morgan fingerprint density at radius 3 is 2.32 bits per heavy atom. The maximum atomic E-state index is 12.9. The Kier molecular flexibility index (Phi) is 4.44. The first kappa shape index (κ1) is 15.3. The molecule has 104 valence electrons. The third-order valence-electron chi connectivity index (χ3n) is 2.59. The third-order valence-corrected chi connectivity index (χ3v) is 2.59. The summed E-state index contributed by atoms with van der Waals surface area (Å²) in [5, 5.41) is 0. The summed E-state index contributed by atoms with van der Waals surface area (Å²) < 4.78 is 51.1. The Hall–Kier alpha value is -1.72. The van der Waals surface area contributed by atoms with Gasteiger partial charge in [0.15, 0.2) is 5.78 Å². The van der Waals surface area contributed by atoms with Crippen molar-refractivity contribution in [3.63, 3.8) is 0 Å². The molecule has 1 rings (SSSR count). The Morgan fingerprint density at radius 2 is 1.84 bits per heavy atom. The van der Waals surface area contributed by atoms with E-state index in [9.17, 15) is 27.2 Å². The summed E-state index contributed by atoms with van der Waals surface area (Å²) in [5.41, 5.74) is -1.92. The fraction of sp³-hybridized carbons (Fsp3) is 0.385. The van der Waals surface area contributed by atoms with Crippen LogP contribution in [-0.2, 0) is 11.0 Å². The fourth-order valence-electron chi connectivity index (χ4n) is 1.76. The normalized spacial score (nSPS) is 13.2. The van der Waals surface area contributed by atoms with Gasteiger partial charge in [-0.05, 0) is 25.1 Å². The molecule has 1 aromatic carbocycles. The molecule has 6 heteroatoms. The molecule has 0 N–H and O–H groups in total. The van der Waals surface area contributed by atoms with E-state index in [0.717, 1.165) is 12.1 Å². The smallest absolute Gasteiger partial charge is 0.300 e. The average Bonchev–Trinajstić information content (AvgIpc) is 2.25. The van der Waals surface area contributed by atoms with Crippen LogP contribution in [0.4, 0.5) is 17.6 Å². The van der Waals surface area contributed by atoms with Gasteiger partial charge >= 0.3 is 6.18 Å². The molecule has 0 saturated carbocycles. The standard InChI is InChI=1S/C13H12F4O2/c1-7(5-8(2)18)12(19)10-4-3-9(14)6-11(10)13(15,16)17/h3-4,6-7H,5H2,1-2H3. The number of Topliss-reactive ketones (excluding diaryl/α,β-unsaturated/α-hetero) is 2. The first-order valence-electron chi connectivity index (χ1n) is 5.53. The lowest BCUT2D eigenvalue weighted by Crippen LogP contribution is -2.19. The molecule has 19 heavy (non-hydrogen) atoms. The van der Waals surface area contributed by atoms with Gasteiger partial charge in [-0.1, -0.05) is 6.92 Å². The summed E-state index contributed by atoms with van der Waals surface area (Å²) in [6.07, 6.45) is -4.96. The van der Waals surface area contributed by atoms with E-state index in [1.165, 1.54) is 13.8 Å². The summed E-state index contributed by atoms with van der Waals surface area (Å²) in [7, 11) is 0. The van der Waals surface area contributed by atoms with Gasteiger partial charge in [0.05, 0.1) is 5.56 Å². The van der Waals surface area contributed by atoms with E-state index in [2.05, 4.69) is 0 Å². The van der Waals surface area contributed by atoms with E-state index in [1.54, 1.807) is 0 Å². The van der Waals surface area contributed by atoms with Crippen molar-refractivity contribution in [2.45, 2.75) is 26.4 Å². The van der Waals surface area contributed by atoms with Crippen LogP contribution in [0.5, 0.6) is 0 Å². The van der Waals surface area contributed by atoms with Gasteiger partial charge in [-0.2, -0.15) is 13.2 Å². The molecule has 1 unspecified atom stereocenters. The highest BCUT2D eigenvalue weighted by molar-refractivity contribution is 6.00. The highest BCUT2D eigenvalue weighted by atomic mass is 19.4. The lowest BCUT2D eigenvalue weighted by molar-refractivity contribution is -0.138. The molecule has 0 saturated heterocycles. The van der Waals surface area contributed by atoms with Crippen molar-refractivity contribution in [2.24, 2.45) is 5.92 Å². The molecular weight excluding hydrogens is 264 g/mol. The Morgan fingerprint density at radius 1 is 1.26 bits per heavy atom. The van der Waals surface area contributed by atoms with Gasteiger partial charge < -0.3 is 4.79 Å². The first-order chi connectivity index (χ1) is 8.62. The van der Waals surface area contributed by atoms with Crippen molar-refractivity contribution in [2.75, 3.05) is 0 Å². The SMILES string of the molecule is CC(=O)CC(C)C(=O)c1ccc(F)cc1C(F)(F)F. The average molecular weight is 276 g/mol. The van der Waals surface area contributed by atoms with Crippen molar-refractivity contribution in [3.8, 4) is 0 Å². The number of carbonyl (C=O) groups is 2. The number of rotatable bonds is 4. The molecule has 0 aliphatic rings. The molecule has 0 bridgehead atoms. The minimum atomic E-state index is -4.82.